The van der Waals surface area contributed by atoms with Crippen molar-refractivity contribution in [3.05, 3.63) is 0 Å². The van der Waals surface area contributed by atoms with Crippen molar-refractivity contribution < 1.29 is 0 Å². The lowest BCUT2D eigenvalue weighted by molar-refractivity contribution is 0.515. The Kier molecular flexibility index (Phi) is 6.03. The van der Waals surface area contributed by atoms with Gasteiger partial charge in [0.25, 0.3) is 0 Å². The lowest BCUT2D eigenvalue weighted by Gasteiger charge is -2.32. The molecule has 0 aliphatic carbocycles. The summed E-state index contributed by atoms with van der Waals surface area (Å²) in [7, 11) is 7.87. The molecule has 0 radical (unpaired) electrons. The topological polar surface area (TPSA) is 9.72 Å². The molecule has 0 saturated carbocycles. The second kappa shape index (κ2) is 5.87. The van der Waals surface area contributed by atoms with Gasteiger partial charge in [0.05, 0.1) is 0 Å². The fourth-order valence-electron chi connectivity index (χ4n) is 1.17. The van der Waals surface area contributed by atoms with Crippen LogP contribution in [0.1, 0.15) is 6.92 Å². The van der Waals surface area contributed by atoms with Crippen LogP contribution in [0.3, 0.4) is 0 Å². The minimum absolute atomic E-state index is 0.143. The maximum atomic E-state index is 2.69. The molecule has 5 heteroatoms. The molecule has 0 N–H and O–H groups in total. The molecule has 0 aromatic heterocycles. The fraction of sp³-hybridized carbons (Fsp3) is 1.00. The van der Waals surface area contributed by atoms with Crippen LogP contribution in [0.25, 0.3) is 0 Å². The highest BCUT2D eigenvalue weighted by atomic mass is 28.3. The number of rotatable bonds is 5. The average molecular weight is 205 g/mol. The molecule has 1 unspecified atom stereocenters. The fourth-order valence-corrected chi connectivity index (χ4v) is 6.19. The lowest BCUT2D eigenvalue weighted by Crippen LogP contribution is -2.52. The second-order valence-corrected chi connectivity index (χ2v) is 9.84. The summed E-state index contributed by atoms with van der Waals surface area (Å²) in [6, 6.07) is 0. The van der Waals surface area contributed by atoms with Gasteiger partial charge in [0.15, 0.2) is 19.0 Å². The Morgan fingerprint density at radius 2 is 1.67 bits per heavy atom. The SMILES string of the molecule is CCN([SiH2]N(C)C)[SiH](C)N(C)C. The summed E-state index contributed by atoms with van der Waals surface area (Å²) in [4.78, 5) is 0. The van der Waals surface area contributed by atoms with Crippen LogP contribution in [0.15, 0.2) is 0 Å². The highest BCUT2D eigenvalue weighted by Gasteiger charge is 2.16. The molecule has 0 saturated heterocycles. The molecule has 1 atom stereocenters. The first kappa shape index (κ1) is 12.3. The molecule has 3 nitrogen and oxygen atoms in total. The third kappa shape index (κ3) is 4.37. The third-order valence-corrected chi connectivity index (χ3v) is 8.51. The van der Waals surface area contributed by atoms with Crippen molar-refractivity contribution in [2.45, 2.75) is 13.5 Å². The smallest absolute Gasteiger partial charge is 0.180 e. The molecule has 0 spiro atoms. The van der Waals surface area contributed by atoms with Crippen molar-refractivity contribution in [3.63, 3.8) is 0 Å². The van der Waals surface area contributed by atoms with E-state index >= 15 is 0 Å². The van der Waals surface area contributed by atoms with Crippen molar-refractivity contribution >= 4 is 19.0 Å². The van der Waals surface area contributed by atoms with Gasteiger partial charge in [-0.15, -0.1) is 0 Å². The lowest BCUT2D eigenvalue weighted by atomic mass is 10.8. The van der Waals surface area contributed by atoms with Crippen LogP contribution in [0, 0.1) is 0 Å². The average Bonchev–Trinajstić information content (AvgIpc) is 1.98. The van der Waals surface area contributed by atoms with Crippen molar-refractivity contribution in [1.29, 1.82) is 0 Å². The Balaban J connectivity index is 3.96. The van der Waals surface area contributed by atoms with E-state index in [1.54, 1.807) is 0 Å². The van der Waals surface area contributed by atoms with E-state index in [4.69, 9.17) is 0 Å². The van der Waals surface area contributed by atoms with Crippen LogP contribution in [0.2, 0.25) is 6.55 Å². The molecule has 0 rings (SSSR count). The minimum atomic E-state index is -0.760. The Morgan fingerprint density at radius 3 is 1.92 bits per heavy atom. The summed E-state index contributed by atoms with van der Waals surface area (Å²) in [6.07, 6.45) is 0. The maximum absolute atomic E-state index is 2.69. The Hall–Kier alpha value is 0.314. The van der Waals surface area contributed by atoms with Gasteiger partial charge in [-0.1, -0.05) is 6.92 Å². The monoisotopic (exact) mass is 205 g/mol. The van der Waals surface area contributed by atoms with Crippen molar-refractivity contribution in [2.75, 3.05) is 34.7 Å². The van der Waals surface area contributed by atoms with Gasteiger partial charge in [0.2, 0.25) is 0 Å². The van der Waals surface area contributed by atoms with E-state index in [1.165, 1.54) is 6.54 Å². The predicted octanol–water partition coefficient (Wildman–Crippen LogP) is -0.719. The van der Waals surface area contributed by atoms with E-state index in [9.17, 15) is 0 Å². The first-order valence-electron chi connectivity index (χ1n) is 4.54. The van der Waals surface area contributed by atoms with Crippen molar-refractivity contribution in [3.8, 4) is 0 Å². The van der Waals surface area contributed by atoms with Gasteiger partial charge in [-0.05, 0) is 41.3 Å². The van der Waals surface area contributed by atoms with E-state index < -0.39 is 9.12 Å². The Morgan fingerprint density at radius 1 is 1.17 bits per heavy atom. The molecular formula is C7H23N3Si2. The number of hydrogen-bond acceptors (Lipinski definition) is 3. The molecular weight excluding hydrogens is 182 g/mol. The zero-order chi connectivity index (χ0) is 9.72. The molecule has 0 aromatic carbocycles. The summed E-state index contributed by atoms with van der Waals surface area (Å²) in [6.45, 7) is 5.89. The normalized spacial score (nSPS) is 15.8. The van der Waals surface area contributed by atoms with Crippen LogP contribution in [-0.2, 0) is 0 Å². The predicted molar refractivity (Wildman–Crippen MR) is 61.3 cm³/mol. The van der Waals surface area contributed by atoms with Crippen LogP contribution in [-0.4, -0.2) is 67.1 Å². The van der Waals surface area contributed by atoms with E-state index in [-0.39, 0.29) is 9.84 Å². The number of nitrogens with zero attached hydrogens (tertiary/aromatic N) is 3. The second-order valence-electron chi connectivity index (χ2n) is 3.72. The maximum Gasteiger partial charge on any atom is 0.180 e. The molecule has 0 amide bonds. The van der Waals surface area contributed by atoms with Crippen LogP contribution < -0.4 is 0 Å². The third-order valence-electron chi connectivity index (χ3n) is 2.15. The van der Waals surface area contributed by atoms with Crippen molar-refractivity contribution in [1.82, 2.24) is 13.4 Å². The van der Waals surface area contributed by atoms with Gasteiger partial charge in [-0.2, -0.15) is 0 Å². The number of hydrogen-bond donors (Lipinski definition) is 0. The Bertz CT molecular complexity index is 119. The summed E-state index contributed by atoms with van der Waals surface area (Å²) >= 11 is 0. The molecule has 74 valence electrons. The molecule has 0 aliphatic rings. The highest BCUT2D eigenvalue weighted by Crippen LogP contribution is 1.95. The summed E-state index contributed by atoms with van der Waals surface area (Å²) < 4.78 is 7.47. The molecule has 0 fully saturated rings. The quantitative estimate of drug-likeness (QED) is 0.549. The zero-order valence-corrected chi connectivity index (χ0v) is 11.9. The van der Waals surface area contributed by atoms with Gasteiger partial charge in [0.1, 0.15) is 0 Å². The molecule has 0 aliphatic heterocycles. The first-order chi connectivity index (χ1) is 5.49. The Labute approximate surface area is 81.1 Å². The zero-order valence-electron chi connectivity index (χ0n) is 9.33. The van der Waals surface area contributed by atoms with Gasteiger partial charge in [-0.3, -0.25) is 0 Å². The van der Waals surface area contributed by atoms with E-state index in [0.29, 0.717) is 0 Å². The van der Waals surface area contributed by atoms with Gasteiger partial charge in [0, 0.05) is 0 Å². The van der Waals surface area contributed by atoms with Gasteiger partial charge < -0.3 is 13.4 Å². The summed E-state index contributed by atoms with van der Waals surface area (Å²) in [5.74, 6) is 0. The molecule has 0 heterocycles. The van der Waals surface area contributed by atoms with E-state index in [0.717, 1.165) is 0 Å². The van der Waals surface area contributed by atoms with E-state index in [1.807, 2.05) is 0 Å². The van der Waals surface area contributed by atoms with Crippen molar-refractivity contribution in [2.24, 2.45) is 0 Å². The van der Waals surface area contributed by atoms with Crippen LogP contribution in [0.5, 0.6) is 0 Å². The molecule has 12 heavy (non-hydrogen) atoms. The summed E-state index contributed by atoms with van der Waals surface area (Å²) in [5, 5.41) is 0. The minimum Gasteiger partial charge on any atom is -0.329 e. The standard InChI is InChI=1S/C7H23N3Si2/c1-7-10(11-8(2)3)12(6)9(4)5/h12H,7,11H2,1-6H3. The van der Waals surface area contributed by atoms with Gasteiger partial charge >= 0.3 is 0 Å². The summed E-state index contributed by atoms with van der Waals surface area (Å²) in [5.41, 5.74) is 0. The largest absolute Gasteiger partial charge is 0.329 e. The first-order valence-corrected chi connectivity index (χ1v) is 7.99. The molecule has 0 bridgehead atoms. The van der Waals surface area contributed by atoms with Crippen LogP contribution in [0.4, 0.5) is 0 Å². The van der Waals surface area contributed by atoms with Gasteiger partial charge in [-0.25, -0.2) is 0 Å². The highest BCUT2D eigenvalue weighted by molar-refractivity contribution is 6.60. The molecule has 0 aromatic rings. The van der Waals surface area contributed by atoms with Crippen LogP contribution >= 0.6 is 0 Å². The van der Waals surface area contributed by atoms with E-state index in [2.05, 4.69) is 55.0 Å².